The summed E-state index contributed by atoms with van der Waals surface area (Å²) in [4.78, 5) is 9.00. The summed E-state index contributed by atoms with van der Waals surface area (Å²) >= 11 is 0. The van der Waals surface area contributed by atoms with Gasteiger partial charge in [-0.1, -0.05) is 86.6 Å². The van der Waals surface area contributed by atoms with Gasteiger partial charge in [0.1, 0.15) is 0 Å². The monoisotopic (exact) mass is 396 g/mol. The summed E-state index contributed by atoms with van der Waals surface area (Å²) in [5.74, 6) is 2.33. The standard InChI is InChI=1S/C16H30.C6H12.C2H4O2.C2H6/c1-7-16(8-2)11-15(12(3)4)10-9-13(5)14(16)6;1-4-5-6(2)3;1-2(3)4;1-2/h12,14-15H,5,7-11H2,1-4,6H3;4-6H,1-3H3;1H3,(H,3,4);1-2H3/b;5-4+;;. The van der Waals surface area contributed by atoms with E-state index in [2.05, 4.69) is 67.2 Å². The minimum Gasteiger partial charge on any atom is -0.481 e. The molecule has 0 aromatic carbocycles. The zero-order valence-corrected chi connectivity index (χ0v) is 21.1. The fourth-order valence-corrected chi connectivity index (χ4v) is 3.93. The molecule has 0 bridgehead atoms. The van der Waals surface area contributed by atoms with E-state index in [1.807, 2.05) is 20.8 Å². The van der Waals surface area contributed by atoms with Gasteiger partial charge >= 0.3 is 0 Å². The van der Waals surface area contributed by atoms with Crippen LogP contribution in [-0.4, -0.2) is 11.1 Å². The molecule has 2 nitrogen and oxygen atoms in total. The molecule has 0 aromatic heterocycles. The number of carboxylic acid groups (broad SMARTS) is 1. The van der Waals surface area contributed by atoms with Gasteiger partial charge in [0.05, 0.1) is 0 Å². The van der Waals surface area contributed by atoms with Crippen molar-refractivity contribution in [1.29, 1.82) is 0 Å². The van der Waals surface area contributed by atoms with E-state index in [-0.39, 0.29) is 0 Å². The van der Waals surface area contributed by atoms with Crippen LogP contribution in [0.2, 0.25) is 0 Å². The maximum Gasteiger partial charge on any atom is 0.300 e. The Balaban J connectivity index is -0.000000431. The van der Waals surface area contributed by atoms with Crippen molar-refractivity contribution in [3.63, 3.8) is 0 Å². The van der Waals surface area contributed by atoms with Crippen LogP contribution in [0, 0.1) is 29.1 Å². The summed E-state index contributed by atoms with van der Waals surface area (Å²) in [6.45, 7) is 27.7. The highest BCUT2D eigenvalue weighted by Crippen LogP contribution is 2.49. The Hall–Kier alpha value is -1.05. The second-order valence-corrected chi connectivity index (χ2v) is 8.49. The normalized spacial score (nSPS) is 21.0. The van der Waals surface area contributed by atoms with Crippen LogP contribution in [0.15, 0.2) is 24.3 Å². The fourth-order valence-electron chi connectivity index (χ4n) is 3.93. The molecule has 2 heteroatoms. The Bertz CT molecular complexity index is 410. The first-order valence-corrected chi connectivity index (χ1v) is 11.5. The molecule has 0 radical (unpaired) electrons. The zero-order valence-electron chi connectivity index (χ0n) is 21.1. The first-order chi connectivity index (χ1) is 13.0. The molecule has 0 heterocycles. The molecule has 2 unspecified atom stereocenters. The topological polar surface area (TPSA) is 37.3 Å². The molecule has 0 aromatic rings. The fraction of sp³-hybridized carbons (Fsp3) is 0.808. The van der Waals surface area contributed by atoms with Crippen molar-refractivity contribution in [3.05, 3.63) is 24.3 Å². The van der Waals surface area contributed by atoms with Gasteiger partial charge in [-0.05, 0) is 68.1 Å². The molecule has 2 atom stereocenters. The Morgan fingerprint density at radius 1 is 1.21 bits per heavy atom. The van der Waals surface area contributed by atoms with Crippen LogP contribution >= 0.6 is 0 Å². The smallest absolute Gasteiger partial charge is 0.300 e. The summed E-state index contributed by atoms with van der Waals surface area (Å²) in [6, 6.07) is 0. The molecule has 28 heavy (non-hydrogen) atoms. The van der Waals surface area contributed by atoms with Crippen molar-refractivity contribution in [2.75, 3.05) is 0 Å². The molecule has 0 spiro atoms. The van der Waals surface area contributed by atoms with Gasteiger partial charge in [0.15, 0.2) is 0 Å². The maximum absolute atomic E-state index is 9.00. The van der Waals surface area contributed by atoms with Gasteiger partial charge in [-0.3, -0.25) is 4.79 Å². The van der Waals surface area contributed by atoms with Gasteiger partial charge in [-0.25, -0.2) is 0 Å². The Morgan fingerprint density at radius 3 is 1.89 bits per heavy atom. The highest BCUT2D eigenvalue weighted by atomic mass is 16.4. The highest BCUT2D eigenvalue weighted by Gasteiger charge is 2.39. The molecular weight excluding hydrogens is 344 g/mol. The third-order valence-electron chi connectivity index (χ3n) is 5.96. The van der Waals surface area contributed by atoms with E-state index in [1.165, 1.54) is 37.7 Å². The molecule has 1 aliphatic rings. The van der Waals surface area contributed by atoms with Crippen LogP contribution in [-0.2, 0) is 4.79 Å². The number of aliphatic carboxylic acids is 1. The molecule has 168 valence electrons. The van der Waals surface area contributed by atoms with Crippen LogP contribution in [0.4, 0.5) is 0 Å². The van der Waals surface area contributed by atoms with Crippen LogP contribution in [0.5, 0.6) is 0 Å². The highest BCUT2D eigenvalue weighted by molar-refractivity contribution is 5.62. The summed E-state index contributed by atoms with van der Waals surface area (Å²) < 4.78 is 0. The lowest BCUT2D eigenvalue weighted by atomic mass is 9.65. The van der Waals surface area contributed by atoms with Gasteiger partial charge in [0, 0.05) is 6.92 Å². The number of allylic oxidation sites excluding steroid dienone is 3. The van der Waals surface area contributed by atoms with Crippen molar-refractivity contribution < 1.29 is 9.90 Å². The summed E-state index contributed by atoms with van der Waals surface area (Å²) in [5, 5.41) is 7.42. The van der Waals surface area contributed by atoms with Crippen molar-refractivity contribution in [2.45, 2.75) is 108 Å². The van der Waals surface area contributed by atoms with E-state index < -0.39 is 5.97 Å². The largest absolute Gasteiger partial charge is 0.481 e. The van der Waals surface area contributed by atoms with Crippen LogP contribution in [0.25, 0.3) is 0 Å². The summed E-state index contributed by atoms with van der Waals surface area (Å²) in [6.07, 6.45) is 10.9. The number of carboxylic acids is 1. The summed E-state index contributed by atoms with van der Waals surface area (Å²) in [5.41, 5.74) is 2.04. The molecule has 1 aliphatic carbocycles. The average Bonchev–Trinajstić information content (AvgIpc) is 2.75. The number of carbonyl (C=O) groups is 1. The second kappa shape index (κ2) is 18.0. The van der Waals surface area contributed by atoms with E-state index in [1.54, 1.807) is 0 Å². The second-order valence-electron chi connectivity index (χ2n) is 8.49. The number of rotatable bonds is 4. The predicted molar refractivity (Wildman–Crippen MR) is 128 cm³/mol. The molecule has 1 rings (SSSR count). The molecule has 0 amide bonds. The lowest BCUT2D eigenvalue weighted by Crippen LogP contribution is -2.30. The minimum atomic E-state index is -0.833. The van der Waals surface area contributed by atoms with Gasteiger partial charge in [0.25, 0.3) is 5.97 Å². The minimum absolute atomic E-state index is 0.530. The van der Waals surface area contributed by atoms with Crippen LogP contribution in [0.1, 0.15) is 108 Å². The SMILES string of the molecule is C/C=C/C(C)C.C=C1CCC(C(C)C)CC(CC)(CC)C1C.CC.CC(=O)O. The van der Waals surface area contributed by atoms with Gasteiger partial charge in [0.2, 0.25) is 0 Å². The van der Waals surface area contributed by atoms with Crippen molar-refractivity contribution in [2.24, 2.45) is 29.1 Å². The quantitative estimate of drug-likeness (QED) is 0.381. The molecule has 0 aliphatic heterocycles. The summed E-state index contributed by atoms with van der Waals surface area (Å²) in [7, 11) is 0. The predicted octanol–water partition coefficient (Wildman–Crippen LogP) is 8.78. The first kappa shape index (κ1) is 31.6. The van der Waals surface area contributed by atoms with Crippen molar-refractivity contribution in [3.8, 4) is 0 Å². The Labute approximate surface area is 177 Å². The lowest BCUT2D eigenvalue weighted by molar-refractivity contribution is -0.134. The van der Waals surface area contributed by atoms with E-state index in [0.717, 1.165) is 24.7 Å². The molecule has 1 fully saturated rings. The van der Waals surface area contributed by atoms with Gasteiger partial charge in [-0.15, -0.1) is 0 Å². The number of hydrogen-bond acceptors (Lipinski definition) is 1. The Kier molecular flexibility index (Phi) is 20.3. The van der Waals surface area contributed by atoms with Crippen molar-refractivity contribution in [1.82, 2.24) is 0 Å². The first-order valence-electron chi connectivity index (χ1n) is 11.5. The van der Waals surface area contributed by atoms with E-state index in [0.29, 0.717) is 11.3 Å². The zero-order chi connectivity index (χ0) is 22.9. The average molecular weight is 397 g/mol. The van der Waals surface area contributed by atoms with Crippen LogP contribution in [0.3, 0.4) is 0 Å². The van der Waals surface area contributed by atoms with Crippen molar-refractivity contribution >= 4 is 5.97 Å². The number of hydrogen-bond donors (Lipinski definition) is 1. The third-order valence-corrected chi connectivity index (χ3v) is 5.96. The van der Waals surface area contributed by atoms with E-state index in [9.17, 15) is 0 Å². The van der Waals surface area contributed by atoms with E-state index >= 15 is 0 Å². The van der Waals surface area contributed by atoms with Crippen LogP contribution < -0.4 is 0 Å². The maximum atomic E-state index is 9.00. The molecule has 1 saturated carbocycles. The Morgan fingerprint density at radius 2 is 1.64 bits per heavy atom. The van der Waals surface area contributed by atoms with E-state index in [4.69, 9.17) is 9.90 Å². The molecule has 1 N–H and O–H groups in total. The molecular formula is C26H52O2. The van der Waals surface area contributed by atoms with Gasteiger partial charge < -0.3 is 5.11 Å². The molecule has 0 saturated heterocycles. The van der Waals surface area contributed by atoms with Gasteiger partial charge in [-0.2, -0.15) is 0 Å². The lowest BCUT2D eigenvalue weighted by Gasteiger charge is -2.39. The third kappa shape index (κ3) is 14.0.